The zero-order chi connectivity index (χ0) is 21.5. The minimum atomic E-state index is 0.0943. The Kier molecular flexibility index (Phi) is 5.26. The second-order valence-electron chi connectivity index (χ2n) is 13.2. The van der Waals surface area contributed by atoms with Gasteiger partial charge in [-0.3, -0.25) is 4.67 Å². The molecule has 0 aromatic rings. The average molecular weight is 444 g/mol. The summed E-state index contributed by atoms with van der Waals surface area (Å²) in [6.07, 6.45) is 16.1. The van der Waals surface area contributed by atoms with Gasteiger partial charge in [0.15, 0.2) is 0 Å². The lowest BCUT2D eigenvalue weighted by molar-refractivity contribution is -0.0767. The van der Waals surface area contributed by atoms with Gasteiger partial charge in [0.2, 0.25) is 0 Å². The number of ether oxygens (including phenoxy) is 1. The fourth-order valence-electron chi connectivity index (χ4n) is 10.2. The third-order valence-electron chi connectivity index (χ3n) is 11.7. The molecule has 6 rings (SSSR count). The zero-order valence-corrected chi connectivity index (χ0v) is 21.7. The van der Waals surface area contributed by atoms with Crippen LogP contribution in [0.25, 0.3) is 0 Å². The number of hydrogen-bond donors (Lipinski definition) is 0. The van der Waals surface area contributed by atoms with E-state index in [-0.39, 0.29) is 5.60 Å². The molecule has 2 nitrogen and oxygen atoms in total. The van der Waals surface area contributed by atoms with Crippen molar-refractivity contribution in [2.75, 3.05) is 6.54 Å². The summed E-state index contributed by atoms with van der Waals surface area (Å²) in [5.74, 6) is 5.22. The monoisotopic (exact) mass is 443 g/mol. The molecular formula is C28H46NOP. The average Bonchev–Trinajstić information content (AvgIpc) is 3.18. The van der Waals surface area contributed by atoms with E-state index in [1.54, 1.807) is 5.57 Å². The van der Waals surface area contributed by atoms with Crippen LogP contribution in [0.5, 0.6) is 0 Å². The Hall–Kier alpha value is 0.0900. The van der Waals surface area contributed by atoms with E-state index in [1.165, 1.54) is 77.2 Å². The van der Waals surface area contributed by atoms with Crippen LogP contribution < -0.4 is 0 Å². The van der Waals surface area contributed by atoms with Crippen molar-refractivity contribution in [2.24, 2.45) is 40.9 Å². The molecule has 0 aromatic heterocycles. The topological polar surface area (TPSA) is 12.5 Å². The molecule has 31 heavy (non-hydrogen) atoms. The first-order valence-corrected chi connectivity index (χ1v) is 14.2. The van der Waals surface area contributed by atoms with E-state index in [4.69, 9.17) is 4.74 Å². The van der Waals surface area contributed by atoms with Gasteiger partial charge in [0.05, 0.1) is 11.7 Å². The molecule has 3 heteroatoms. The summed E-state index contributed by atoms with van der Waals surface area (Å²) in [7, 11) is 3.06. The third-order valence-corrected chi connectivity index (χ3v) is 12.3. The van der Waals surface area contributed by atoms with E-state index in [0.29, 0.717) is 23.5 Å². The van der Waals surface area contributed by atoms with Gasteiger partial charge in [-0.1, -0.05) is 54.1 Å². The summed E-state index contributed by atoms with van der Waals surface area (Å²) in [4.78, 5) is 0. The van der Waals surface area contributed by atoms with Crippen molar-refractivity contribution >= 4 is 9.39 Å². The summed E-state index contributed by atoms with van der Waals surface area (Å²) in [6.45, 7) is 11.3. The third kappa shape index (κ3) is 3.13. The van der Waals surface area contributed by atoms with Crippen LogP contribution in [0.4, 0.5) is 0 Å². The van der Waals surface area contributed by atoms with Gasteiger partial charge in [-0.05, 0) is 99.7 Å². The second-order valence-corrected chi connectivity index (χ2v) is 13.8. The van der Waals surface area contributed by atoms with Crippen LogP contribution in [-0.4, -0.2) is 29.0 Å². The minimum Gasteiger partial charge on any atom is -0.369 e. The van der Waals surface area contributed by atoms with Crippen molar-refractivity contribution in [1.29, 1.82) is 0 Å². The molecule has 174 valence electrons. The van der Waals surface area contributed by atoms with Crippen molar-refractivity contribution in [1.82, 2.24) is 4.67 Å². The molecule has 2 aliphatic heterocycles. The largest absolute Gasteiger partial charge is 0.369 e. The SMILES string of the molecule is CC1=C2C[C@H]3[C@@H](CCC4CCCCC43C)C2CC[C@@]2(C1)O[C@@H]1CC(C)CN(P)C1[C@H]2C. The molecule has 0 aromatic carbocycles. The van der Waals surface area contributed by atoms with Crippen LogP contribution in [0.3, 0.4) is 0 Å². The maximum absolute atomic E-state index is 7.12. The van der Waals surface area contributed by atoms with Crippen LogP contribution in [0.1, 0.15) is 98.3 Å². The smallest absolute Gasteiger partial charge is 0.0765 e. The lowest BCUT2D eigenvalue weighted by atomic mass is 9.52. The fraction of sp³-hybridized carbons (Fsp3) is 0.929. The highest BCUT2D eigenvalue weighted by Crippen LogP contribution is 2.65. The molecule has 6 aliphatic rings. The molecule has 5 fully saturated rings. The van der Waals surface area contributed by atoms with Crippen molar-refractivity contribution < 1.29 is 4.74 Å². The van der Waals surface area contributed by atoms with Gasteiger partial charge in [-0.15, -0.1) is 0 Å². The van der Waals surface area contributed by atoms with Crippen molar-refractivity contribution in [3.05, 3.63) is 11.1 Å². The first kappa shape index (κ1) is 21.6. The summed E-state index contributed by atoms with van der Waals surface area (Å²) in [5.41, 5.74) is 4.38. The van der Waals surface area contributed by atoms with E-state index in [2.05, 4.69) is 41.8 Å². The maximum Gasteiger partial charge on any atom is 0.0765 e. The highest BCUT2D eigenvalue weighted by molar-refractivity contribution is 7.13. The van der Waals surface area contributed by atoms with Gasteiger partial charge in [0.25, 0.3) is 0 Å². The Bertz CT molecular complexity index is 764. The van der Waals surface area contributed by atoms with E-state index in [1.807, 2.05) is 5.57 Å². The summed E-state index contributed by atoms with van der Waals surface area (Å²) >= 11 is 0. The molecule has 2 saturated heterocycles. The van der Waals surface area contributed by atoms with Crippen molar-refractivity contribution in [3.63, 3.8) is 0 Å². The molecule has 0 N–H and O–H groups in total. The number of rotatable bonds is 0. The highest BCUT2D eigenvalue weighted by atomic mass is 31.0. The van der Waals surface area contributed by atoms with E-state index in [9.17, 15) is 0 Å². The number of allylic oxidation sites excluding steroid dienone is 1. The second kappa shape index (κ2) is 7.55. The molecule has 2 heterocycles. The van der Waals surface area contributed by atoms with Gasteiger partial charge in [0.1, 0.15) is 0 Å². The Balaban J connectivity index is 1.29. The van der Waals surface area contributed by atoms with Gasteiger partial charge in [-0.2, -0.15) is 0 Å². The molecule has 0 radical (unpaired) electrons. The number of hydrogen-bond acceptors (Lipinski definition) is 2. The molecule has 0 bridgehead atoms. The zero-order valence-electron chi connectivity index (χ0n) is 20.5. The van der Waals surface area contributed by atoms with E-state index in [0.717, 1.165) is 29.6 Å². The lowest BCUT2D eigenvalue weighted by Crippen LogP contribution is -2.47. The summed E-state index contributed by atoms with van der Waals surface area (Å²) in [6, 6.07) is 0.598. The van der Waals surface area contributed by atoms with Gasteiger partial charge in [-0.25, -0.2) is 0 Å². The molecule has 11 atom stereocenters. The summed E-state index contributed by atoms with van der Waals surface area (Å²) in [5, 5.41) is 0. The summed E-state index contributed by atoms with van der Waals surface area (Å²) < 4.78 is 9.68. The maximum atomic E-state index is 7.12. The first-order valence-electron chi connectivity index (χ1n) is 13.7. The Labute approximate surface area is 193 Å². The van der Waals surface area contributed by atoms with Crippen molar-refractivity contribution in [3.8, 4) is 0 Å². The van der Waals surface area contributed by atoms with Crippen LogP contribution in [0, 0.1) is 40.9 Å². The van der Waals surface area contributed by atoms with Crippen LogP contribution >= 0.6 is 9.39 Å². The standard InChI is InChI=1S/C28H46NOP/c1-17-13-25-26(29(31)16-17)19(3)28(30-25)12-10-21-22-9-8-20-7-5-6-11-27(20,4)24(22)14-23(21)18(2)15-28/h17,19-22,24-26H,5-16,31H2,1-4H3/t17?,19-,20?,21?,22+,24+,25-,26?,27?,28+/m1/s1. The van der Waals surface area contributed by atoms with Crippen LogP contribution in [0.2, 0.25) is 0 Å². The normalized spacial score (nSPS) is 54.9. The fourth-order valence-corrected chi connectivity index (χ4v) is 11.0. The Morgan fingerprint density at radius 2 is 1.90 bits per heavy atom. The molecule has 1 spiro atoms. The van der Waals surface area contributed by atoms with Gasteiger partial charge >= 0.3 is 0 Å². The lowest BCUT2D eigenvalue weighted by Gasteiger charge is -2.52. The molecule has 0 amide bonds. The number of piperidine rings is 1. The first-order chi connectivity index (χ1) is 14.8. The predicted octanol–water partition coefficient (Wildman–Crippen LogP) is 7.00. The van der Waals surface area contributed by atoms with Crippen LogP contribution in [0.15, 0.2) is 11.1 Å². The van der Waals surface area contributed by atoms with E-state index >= 15 is 0 Å². The molecule has 4 aliphatic carbocycles. The predicted molar refractivity (Wildman–Crippen MR) is 132 cm³/mol. The Morgan fingerprint density at radius 3 is 2.74 bits per heavy atom. The number of nitrogens with zero attached hydrogens (tertiary/aromatic N) is 1. The molecule has 6 unspecified atom stereocenters. The number of fused-ring (bicyclic) bond motifs is 6. The van der Waals surface area contributed by atoms with Crippen molar-refractivity contribution in [2.45, 2.75) is 116 Å². The van der Waals surface area contributed by atoms with Crippen LogP contribution in [-0.2, 0) is 4.74 Å². The Morgan fingerprint density at radius 1 is 1.06 bits per heavy atom. The van der Waals surface area contributed by atoms with Gasteiger partial charge in [0, 0.05) is 18.5 Å². The van der Waals surface area contributed by atoms with E-state index < -0.39 is 0 Å². The quantitative estimate of drug-likeness (QED) is 0.295. The molecular weight excluding hydrogens is 397 g/mol. The molecule has 3 saturated carbocycles. The van der Waals surface area contributed by atoms with Gasteiger partial charge < -0.3 is 4.74 Å². The highest BCUT2D eigenvalue weighted by Gasteiger charge is 2.59. The minimum absolute atomic E-state index is 0.0943.